The zero-order valence-electron chi connectivity index (χ0n) is 17.4. The van der Waals surface area contributed by atoms with Crippen LogP contribution in [-0.4, -0.2) is 22.5 Å². The highest BCUT2D eigenvalue weighted by Crippen LogP contribution is 2.24. The number of hydrogen-bond acceptors (Lipinski definition) is 6. The number of aromatic nitrogens is 1. The molecule has 0 fully saturated rings. The average Bonchev–Trinajstić information content (AvgIpc) is 3.21. The van der Waals surface area contributed by atoms with E-state index in [-0.39, 0.29) is 5.84 Å². The Balaban J connectivity index is 1.59. The van der Waals surface area contributed by atoms with Gasteiger partial charge in [-0.15, -0.1) is 16.4 Å². The molecule has 3 rings (SSSR count). The molecule has 3 aromatic rings. The van der Waals surface area contributed by atoms with Crippen molar-refractivity contribution in [3.05, 3.63) is 69.5 Å². The molecule has 0 aliphatic carbocycles. The molecule has 1 heterocycles. The van der Waals surface area contributed by atoms with Gasteiger partial charge in [0.1, 0.15) is 18.0 Å². The number of nitrogens with one attached hydrogen (secondary N) is 1. The number of carbonyl (C=O) groups excluding carboxylic acids is 1. The van der Waals surface area contributed by atoms with Crippen molar-refractivity contribution in [3.8, 4) is 17.0 Å². The second kappa shape index (κ2) is 9.80. The molecule has 0 bridgehead atoms. The van der Waals surface area contributed by atoms with E-state index >= 15 is 0 Å². The van der Waals surface area contributed by atoms with E-state index in [1.165, 1.54) is 11.3 Å². The maximum Gasteiger partial charge on any atom is 0.428 e. The maximum absolute atomic E-state index is 11.7. The van der Waals surface area contributed by atoms with Gasteiger partial charge in [0.05, 0.1) is 5.69 Å². The lowest BCUT2D eigenvalue weighted by atomic mass is 10.2. The smallest absolute Gasteiger partial charge is 0.428 e. The number of thiazole rings is 1. The molecule has 1 amide bonds. The fraction of sp³-hybridized carbons (Fsp3) is 0.227. The lowest BCUT2D eigenvalue weighted by Gasteiger charge is -2.18. The summed E-state index contributed by atoms with van der Waals surface area (Å²) < 4.78 is 10.9. The summed E-state index contributed by atoms with van der Waals surface area (Å²) in [5.74, 6) is 0.849. The number of halogens is 1. The Labute approximate surface area is 189 Å². The average molecular weight is 459 g/mol. The van der Waals surface area contributed by atoms with Gasteiger partial charge in [-0.1, -0.05) is 23.7 Å². The van der Waals surface area contributed by atoms with Crippen LogP contribution in [0.25, 0.3) is 11.3 Å². The summed E-state index contributed by atoms with van der Waals surface area (Å²) in [7, 11) is 0. The van der Waals surface area contributed by atoms with E-state index in [0.29, 0.717) is 16.6 Å². The largest absolute Gasteiger partial charge is 0.489 e. The Morgan fingerprint density at radius 2 is 1.84 bits per heavy atom. The normalized spacial score (nSPS) is 11.8. The highest BCUT2D eigenvalue weighted by molar-refractivity contribution is 7.12. The first-order valence-corrected chi connectivity index (χ1v) is 10.7. The van der Waals surface area contributed by atoms with Crippen molar-refractivity contribution >= 4 is 34.9 Å². The summed E-state index contributed by atoms with van der Waals surface area (Å²) in [5.41, 5.74) is 10.3. The number of amidine groups is 1. The van der Waals surface area contributed by atoms with Crippen molar-refractivity contribution in [2.45, 2.75) is 33.0 Å². The molecule has 31 heavy (non-hydrogen) atoms. The van der Waals surface area contributed by atoms with Gasteiger partial charge in [0, 0.05) is 16.0 Å². The minimum atomic E-state index is -0.679. The molecule has 0 aliphatic rings. The number of benzene rings is 2. The minimum Gasteiger partial charge on any atom is -0.489 e. The lowest BCUT2D eigenvalue weighted by molar-refractivity contribution is 0.0529. The highest BCUT2D eigenvalue weighted by Gasteiger charge is 2.16. The molecule has 0 spiro atoms. The number of ether oxygens (including phenoxy) is 2. The van der Waals surface area contributed by atoms with Crippen LogP contribution in [0.2, 0.25) is 5.02 Å². The third kappa shape index (κ3) is 6.97. The predicted molar refractivity (Wildman–Crippen MR) is 123 cm³/mol. The van der Waals surface area contributed by atoms with Gasteiger partial charge in [-0.2, -0.15) is 0 Å². The Morgan fingerprint density at radius 3 is 2.48 bits per heavy atom. The molecular formula is C22H23ClN4O3S. The second-order valence-corrected chi connectivity index (χ2v) is 8.88. The summed E-state index contributed by atoms with van der Waals surface area (Å²) in [6.07, 6.45) is -0.679. The van der Waals surface area contributed by atoms with Gasteiger partial charge in [0.15, 0.2) is 10.8 Å². The maximum atomic E-state index is 11.7. The molecule has 3 N–H and O–H groups in total. The molecule has 0 radical (unpaired) electrons. The molecule has 0 saturated carbocycles. The van der Waals surface area contributed by atoms with Crippen LogP contribution in [0.5, 0.6) is 5.75 Å². The number of carbonyl (C=O) groups is 1. The van der Waals surface area contributed by atoms with Crippen LogP contribution in [0.4, 0.5) is 4.79 Å². The molecule has 0 saturated heterocycles. The predicted octanol–water partition coefficient (Wildman–Crippen LogP) is 5.19. The lowest BCUT2D eigenvalue weighted by Crippen LogP contribution is -2.31. The van der Waals surface area contributed by atoms with Crippen molar-refractivity contribution in [3.63, 3.8) is 0 Å². The molecule has 0 unspecified atom stereocenters. The van der Waals surface area contributed by atoms with Crippen molar-refractivity contribution in [2.75, 3.05) is 0 Å². The highest BCUT2D eigenvalue weighted by atomic mass is 35.5. The molecule has 0 atom stereocenters. The molecule has 0 aliphatic heterocycles. The van der Waals surface area contributed by atoms with Gasteiger partial charge in [-0.05, 0) is 62.7 Å². The number of hydrogen-bond donors (Lipinski definition) is 2. The van der Waals surface area contributed by atoms with Crippen LogP contribution in [0.1, 0.15) is 31.3 Å². The Kier molecular flexibility index (Phi) is 7.14. The van der Waals surface area contributed by atoms with Crippen LogP contribution in [0.3, 0.4) is 0 Å². The van der Waals surface area contributed by atoms with Gasteiger partial charge in [-0.3, -0.25) is 0 Å². The first-order valence-electron chi connectivity index (χ1n) is 9.45. The van der Waals surface area contributed by atoms with Crippen molar-refractivity contribution in [1.29, 1.82) is 0 Å². The number of nitrogens with zero attached hydrogens (tertiary/aromatic N) is 2. The zero-order valence-corrected chi connectivity index (χ0v) is 19.0. The number of amides is 1. The van der Waals surface area contributed by atoms with E-state index in [1.54, 1.807) is 20.8 Å². The summed E-state index contributed by atoms with van der Waals surface area (Å²) in [4.78, 5) is 16.2. The third-order valence-corrected chi connectivity index (χ3v) is 4.98. The van der Waals surface area contributed by atoms with Gasteiger partial charge < -0.3 is 15.2 Å². The summed E-state index contributed by atoms with van der Waals surface area (Å²) in [6, 6.07) is 15.1. The van der Waals surface area contributed by atoms with Crippen LogP contribution < -0.4 is 15.9 Å². The summed E-state index contributed by atoms with van der Waals surface area (Å²) in [5, 5.41) is 6.91. The third-order valence-electron chi connectivity index (χ3n) is 3.86. The van der Waals surface area contributed by atoms with E-state index in [2.05, 4.69) is 15.5 Å². The molecule has 7 nitrogen and oxygen atoms in total. The van der Waals surface area contributed by atoms with E-state index < -0.39 is 11.7 Å². The van der Waals surface area contributed by atoms with Gasteiger partial charge in [-0.25, -0.2) is 15.2 Å². The fourth-order valence-electron chi connectivity index (χ4n) is 2.45. The topological polar surface area (TPSA) is 98.8 Å². The summed E-state index contributed by atoms with van der Waals surface area (Å²) in [6.45, 7) is 5.75. The summed E-state index contributed by atoms with van der Waals surface area (Å²) >= 11 is 7.22. The van der Waals surface area contributed by atoms with Crippen molar-refractivity contribution < 1.29 is 14.3 Å². The molecular weight excluding hydrogens is 436 g/mol. The SMILES string of the molecule is CC(C)(C)OC(=O)N/N=C(\N)c1nc(-c2ccc(OCc3ccc(Cl)cc3)cc2)cs1. The minimum absolute atomic E-state index is 0.102. The van der Waals surface area contributed by atoms with Gasteiger partial charge >= 0.3 is 6.09 Å². The second-order valence-electron chi connectivity index (χ2n) is 7.59. The van der Waals surface area contributed by atoms with Crippen LogP contribution >= 0.6 is 22.9 Å². The first-order chi connectivity index (χ1) is 14.7. The number of nitrogens with two attached hydrogens (primary N) is 1. The Morgan fingerprint density at radius 1 is 1.16 bits per heavy atom. The van der Waals surface area contributed by atoms with Crippen LogP contribution in [0, 0.1) is 0 Å². The van der Waals surface area contributed by atoms with Gasteiger partial charge in [0.25, 0.3) is 0 Å². The van der Waals surface area contributed by atoms with E-state index in [0.717, 1.165) is 22.6 Å². The molecule has 9 heteroatoms. The standard InChI is InChI=1S/C22H23ClN4O3S/c1-22(2,3)30-21(28)27-26-19(24)20-25-18(13-31-20)15-6-10-17(11-7-15)29-12-14-4-8-16(23)9-5-14/h4-11,13H,12H2,1-3H3,(H2,24,26)(H,27,28). The monoisotopic (exact) mass is 458 g/mol. The fourth-order valence-corrected chi connectivity index (χ4v) is 3.30. The van der Waals surface area contributed by atoms with Crippen LogP contribution in [-0.2, 0) is 11.3 Å². The zero-order chi connectivity index (χ0) is 22.4. The Hall–Kier alpha value is -3.10. The van der Waals surface area contributed by atoms with E-state index in [9.17, 15) is 4.79 Å². The van der Waals surface area contributed by atoms with Crippen LogP contribution in [0.15, 0.2) is 59.0 Å². The molecule has 1 aromatic heterocycles. The van der Waals surface area contributed by atoms with Crippen molar-refractivity contribution in [2.24, 2.45) is 10.8 Å². The van der Waals surface area contributed by atoms with Gasteiger partial charge in [0.2, 0.25) is 0 Å². The van der Waals surface area contributed by atoms with E-state index in [1.807, 2.05) is 53.9 Å². The molecule has 2 aromatic carbocycles. The number of hydrazone groups is 1. The Bertz CT molecular complexity index is 1060. The molecule has 162 valence electrons. The number of rotatable bonds is 6. The quantitative estimate of drug-likeness (QED) is 0.301. The first kappa shape index (κ1) is 22.6. The van der Waals surface area contributed by atoms with Crippen molar-refractivity contribution in [1.82, 2.24) is 10.4 Å². The van der Waals surface area contributed by atoms with E-state index in [4.69, 9.17) is 26.8 Å².